The lowest BCUT2D eigenvalue weighted by Gasteiger charge is -2.37. The molecule has 2 aromatic rings. The average Bonchev–Trinajstić information content (AvgIpc) is 2.73. The molecule has 0 spiro atoms. The van der Waals surface area contributed by atoms with Crippen LogP contribution in [-0.2, 0) is 21.4 Å². The fraction of sp³-hybridized carbons (Fsp3) is 0.409. The monoisotopic (exact) mass is 404 g/mol. The van der Waals surface area contributed by atoms with Crippen LogP contribution in [0.15, 0.2) is 48.5 Å². The minimum absolute atomic E-state index is 0. The first kappa shape index (κ1) is 20.8. The molecule has 2 aromatic carbocycles. The van der Waals surface area contributed by atoms with E-state index in [-0.39, 0.29) is 30.2 Å². The second-order valence-electron chi connectivity index (χ2n) is 7.37. The van der Waals surface area contributed by atoms with E-state index in [0.29, 0.717) is 32.6 Å². The summed E-state index contributed by atoms with van der Waals surface area (Å²) in [7, 11) is 0. The van der Waals surface area contributed by atoms with E-state index in [1.54, 1.807) is 12.1 Å². The molecule has 0 aliphatic carbocycles. The fourth-order valence-electron chi connectivity index (χ4n) is 4.27. The van der Waals surface area contributed by atoms with Crippen molar-refractivity contribution in [3.05, 3.63) is 71.0 Å². The summed E-state index contributed by atoms with van der Waals surface area (Å²) in [4.78, 5) is 13.3. The van der Waals surface area contributed by atoms with Crippen LogP contribution < -0.4 is 10.6 Å². The summed E-state index contributed by atoms with van der Waals surface area (Å²) in [6.45, 7) is 2.53. The molecule has 4 rings (SSSR count). The van der Waals surface area contributed by atoms with Crippen molar-refractivity contribution in [2.45, 2.75) is 30.7 Å². The third-order valence-corrected chi connectivity index (χ3v) is 5.86. The highest BCUT2D eigenvalue weighted by Crippen LogP contribution is 2.35. The zero-order valence-electron chi connectivity index (χ0n) is 15.7. The average molecular weight is 405 g/mol. The van der Waals surface area contributed by atoms with Crippen LogP contribution in [-0.4, -0.2) is 32.2 Å². The Hall–Kier alpha value is -1.95. The van der Waals surface area contributed by atoms with Crippen LogP contribution in [0, 0.1) is 5.82 Å². The number of carbonyl (C=O) groups is 1. The lowest BCUT2D eigenvalue weighted by Crippen LogP contribution is -2.50. The van der Waals surface area contributed by atoms with Gasteiger partial charge in [-0.2, -0.15) is 0 Å². The van der Waals surface area contributed by atoms with Gasteiger partial charge in [0.15, 0.2) is 0 Å². The van der Waals surface area contributed by atoms with Crippen LogP contribution in [0.25, 0.3) is 0 Å². The van der Waals surface area contributed by atoms with Crippen LogP contribution >= 0.6 is 12.4 Å². The largest absolute Gasteiger partial charge is 0.381 e. The van der Waals surface area contributed by atoms with Gasteiger partial charge >= 0.3 is 0 Å². The van der Waals surface area contributed by atoms with Crippen LogP contribution in [0.1, 0.15) is 35.6 Å². The molecule has 1 unspecified atom stereocenters. The maximum atomic E-state index is 13.4. The van der Waals surface area contributed by atoms with Gasteiger partial charge in [-0.3, -0.25) is 4.79 Å². The van der Waals surface area contributed by atoms with E-state index in [1.165, 1.54) is 23.3 Å². The number of fused-ring (bicyclic) bond motifs is 1. The van der Waals surface area contributed by atoms with Crippen LogP contribution in [0.2, 0.25) is 0 Å². The summed E-state index contributed by atoms with van der Waals surface area (Å²) >= 11 is 0. The highest BCUT2D eigenvalue weighted by Gasteiger charge is 2.41. The zero-order valence-corrected chi connectivity index (χ0v) is 16.6. The molecule has 2 aliphatic rings. The summed E-state index contributed by atoms with van der Waals surface area (Å²) in [6, 6.07) is 14.8. The molecule has 1 fully saturated rings. The van der Waals surface area contributed by atoms with E-state index in [9.17, 15) is 9.18 Å². The molecule has 6 heteroatoms. The molecule has 0 saturated carbocycles. The van der Waals surface area contributed by atoms with Gasteiger partial charge in [-0.1, -0.05) is 36.4 Å². The number of benzene rings is 2. The molecule has 1 amide bonds. The third-order valence-electron chi connectivity index (χ3n) is 5.86. The van der Waals surface area contributed by atoms with Gasteiger partial charge in [0.25, 0.3) is 0 Å². The van der Waals surface area contributed by atoms with Crippen molar-refractivity contribution in [2.75, 3.05) is 26.3 Å². The number of rotatable bonds is 4. The molecule has 2 aliphatic heterocycles. The van der Waals surface area contributed by atoms with Crippen molar-refractivity contribution in [3.63, 3.8) is 0 Å². The SMILES string of the molecule is Cl.O=C(NCC1NCCc2ccccc21)C1(c2ccc(F)cc2)CCOCC1. The van der Waals surface area contributed by atoms with Crippen LogP contribution in [0.3, 0.4) is 0 Å². The molecule has 2 heterocycles. The van der Waals surface area contributed by atoms with E-state index in [2.05, 4.69) is 28.8 Å². The second-order valence-corrected chi connectivity index (χ2v) is 7.37. The normalized spacial score (nSPS) is 20.5. The topological polar surface area (TPSA) is 50.4 Å². The zero-order chi connectivity index (χ0) is 18.7. The fourth-order valence-corrected chi connectivity index (χ4v) is 4.27. The van der Waals surface area contributed by atoms with E-state index >= 15 is 0 Å². The number of halogens is 2. The first-order valence-electron chi connectivity index (χ1n) is 9.62. The second kappa shape index (κ2) is 9.03. The lowest BCUT2D eigenvalue weighted by molar-refractivity contribution is -0.130. The van der Waals surface area contributed by atoms with E-state index in [4.69, 9.17) is 4.74 Å². The molecule has 0 bridgehead atoms. The van der Waals surface area contributed by atoms with Gasteiger partial charge < -0.3 is 15.4 Å². The highest BCUT2D eigenvalue weighted by atomic mass is 35.5. The summed E-state index contributed by atoms with van der Waals surface area (Å²) in [6.07, 6.45) is 2.23. The summed E-state index contributed by atoms with van der Waals surface area (Å²) in [5, 5.41) is 6.67. The third kappa shape index (κ3) is 4.07. The number of ether oxygens (including phenoxy) is 1. The van der Waals surface area contributed by atoms with Gasteiger partial charge in [0.2, 0.25) is 5.91 Å². The van der Waals surface area contributed by atoms with Gasteiger partial charge in [0, 0.05) is 25.8 Å². The Bertz CT molecular complexity index is 806. The Morgan fingerprint density at radius 3 is 2.61 bits per heavy atom. The number of carbonyl (C=O) groups excluding carboxylic acids is 1. The molecule has 0 aromatic heterocycles. The van der Waals surface area contributed by atoms with Gasteiger partial charge in [-0.25, -0.2) is 4.39 Å². The molecule has 1 saturated heterocycles. The van der Waals surface area contributed by atoms with Crippen molar-refractivity contribution >= 4 is 18.3 Å². The molecule has 150 valence electrons. The van der Waals surface area contributed by atoms with Crippen molar-refractivity contribution in [3.8, 4) is 0 Å². The Labute approximate surface area is 171 Å². The van der Waals surface area contributed by atoms with Gasteiger partial charge in [0.05, 0.1) is 5.41 Å². The predicted octanol–water partition coefficient (Wildman–Crippen LogP) is 3.30. The first-order chi connectivity index (χ1) is 13.2. The molecular formula is C22H26ClFN2O2. The quantitative estimate of drug-likeness (QED) is 0.822. The Morgan fingerprint density at radius 2 is 1.86 bits per heavy atom. The van der Waals surface area contributed by atoms with Gasteiger partial charge in [0.1, 0.15) is 5.82 Å². The highest BCUT2D eigenvalue weighted by molar-refractivity contribution is 5.88. The van der Waals surface area contributed by atoms with Crippen molar-refractivity contribution in [2.24, 2.45) is 0 Å². The first-order valence-corrected chi connectivity index (χ1v) is 9.62. The molecule has 2 N–H and O–H groups in total. The molecular weight excluding hydrogens is 379 g/mol. The molecule has 28 heavy (non-hydrogen) atoms. The Morgan fingerprint density at radius 1 is 1.14 bits per heavy atom. The van der Waals surface area contributed by atoms with Crippen LogP contribution in [0.4, 0.5) is 4.39 Å². The number of hydrogen-bond donors (Lipinski definition) is 2. The summed E-state index contributed by atoms with van der Waals surface area (Å²) in [5.74, 6) is -0.286. The smallest absolute Gasteiger partial charge is 0.230 e. The summed E-state index contributed by atoms with van der Waals surface area (Å²) in [5.41, 5.74) is 2.81. The van der Waals surface area contributed by atoms with Gasteiger partial charge in [-0.15, -0.1) is 12.4 Å². The lowest BCUT2D eigenvalue weighted by atomic mass is 9.73. The van der Waals surface area contributed by atoms with Crippen molar-refractivity contribution in [1.29, 1.82) is 0 Å². The number of nitrogens with one attached hydrogen (secondary N) is 2. The van der Waals surface area contributed by atoms with Crippen molar-refractivity contribution < 1.29 is 13.9 Å². The van der Waals surface area contributed by atoms with Crippen LogP contribution in [0.5, 0.6) is 0 Å². The maximum Gasteiger partial charge on any atom is 0.230 e. The maximum absolute atomic E-state index is 13.4. The Balaban J connectivity index is 0.00000225. The van der Waals surface area contributed by atoms with Gasteiger partial charge in [-0.05, 0) is 54.6 Å². The van der Waals surface area contributed by atoms with E-state index in [0.717, 1.165) is 18.5 Å². The van der Waals surface area contributed by atoms with E-state index in [1.807, 2.05) is 6.07 Å². The Kier molecular flexibility index (Phi) is 6.70. The minimum atomic E-state index is -0.653. The predicted molar refractivity (Wildman–Crippen MR) is 109 cm³/mol. The minimum Gasteiger partial charge on any atom is -0.381 e. The molecule has 1 atom stereocenters. The molecule has 0 radical (unpaired) electrons. The standard InChI is InChI=1S/C22H25FN2O2.ClH/c23-18-7-5-17(6-8-18)22(10-13-27-14-11-22)21(26)25-15-20-19-4-2-1-3-16(19)9-12-24-20;/h1-8,20,24H,9-15H2,(H,25,26);1H. The summed E-state index contributed by atoms with van der Waals surface area (Å²) < 4.78 is 18.9. The van der Waals surface area contributed by atoms with E-state index < -0.39 is 5.41 Å². The number of hydrogen-bond acceptors (Lipinski definition) is 3. The van der Waals surface area contributed by atoms with Crippen molar-refractivity contribution in [1.82, 2.24) is 10.6 Å². The number of amides is 1. The molecule has 4 nitrogen and oxygen atoms in total.